The Labute approximate surface area is 217 Å². The molecule has 0 bridgehead atoms. The van der Waals surface area contributed by atoms with Gasteiger partial charge in [0.25, 0.3) is 0 Å². The number of ether oxygens (including phenoxy) is 3. The van der Waals surface area contributed by atoms with Crippen molar-refractivity contribution in [1.82, 2.24) is 19.4 Å². The van der Waals surface area contributed by atoms with E-state index in [9.17, 15) is 0 Å². The molecule has 4 aromatic rings. The number of nitrogens with zero attached hydrogens (tertiary/aromatic N) is 4. The molecule has 2 fully saturated rings. The van der Waals surface area contributed by atoms with Gasteiger partial charge in [0.1, 0.15) is 5.82 Å². The SMILES string of the molecule is COc1cc2c(NC3CCOCC3)nc(-n3ccc4ccccc43)nc2cc1OCCCN1CCCC1. The Balaban J connectivity index is 1.35. The van der Waals surface area contributed by atoms with Gasteiger partial charge in [0.05, 0.1) is 24.8 Å². The van der Waals surface area contributed by atoms with Crippen LogP contribution in [0, 0.1) is 0 Å². The predicted molar refractivity (Wildman–Crippen MR) is 146 cm³/mol. The van der Waals surface area contributed by atoms with E-state index in [0.717, 1.165) is 72.4 Å². The van der Waals surface area contributed by atoms with Crippen LogP contribution in [0.25, 0.3) is 27.8 Å². The van der Waals surface area contributed by atoms with Crippen molar-refractivity contribution in [1.29, 1.82) is 0 Å². The van der Waals surface area contributed by atoms with Gasteiger partial charge in [-0.25, -0.2) is 4.98 Å². The van der Waals surface area contributed by atoms with Crippen molar-refractivity contribution >= 4 is 27.6 Å². The molecule has 0 radical (unpaired) electrons. The molecule has 37 heavy (non-hydrogen) atoms. The first-order chi connectivity index (χ1) is 18.3. The van der Waals surface area contributed by atoms with Gasteiger partial charge < -0.3 is 24.4 Å². The quantitative estimate of drug-likeness (QED) is 0.322. The third kappa shape index (κ3) is 5.22. The van der Waals surface area contributed by atoms with Gasteiger partial charge in [0, 0.05) is 48.8 Å². The molecule has 2 aliphatic rings. The highest BCUT2D eigenvalue weighted by molar-refractivity contribution is 5.93. The van der Waals surface area contributed by atoms with Crippen LogP contribution in [0.2, 0.25) is 0 Å². The molecule has 0 spiro atoms. The molecule has 194 valence electrons. The second kappa shape index (κ2) is 10.9. The minimum atomic E-state index is 0.300. The number of benzene rings is 2. The van der Waals surface area contributed by atoms with E-state index in [1.165, 1.54) is 25.9 Å². The fourth-order valence-corrected chi connectivity index (χ4v) is 5.38. The monoisotopic (exact) mass is 501 g/mol. The molecule has 2 aliphatic heterocycles. The third-order valence-electron chi connectivity index (χ3n) is 7.42. The van der Waals surface area contributed by atoms with E-state index in [1.807, 2.05) is 35.0 Å². The summed E-state index contributed by atoms with van der Waals surface area (Å²) >= 11 is 0. The van der Waals surface area contributed by atoms with Crippen molar-refractivity contribution in [3.8, 4) is 17.4 Å². The maximum atomic E-state index is 6.23. The van der Waals surface area contributed by atoms with Gasteiger partial charge in [-0.3, -0.25) is 4.57 Å². The Kier molecular flexibility index (Phi) is 7.10. The highest BCUT2D eigenvalue weighted by Gasteiger charge is 2.20. The first kappa shape index (κ1) is 24.0. The largest absolute Gasteiger partial charge is 0.493 e. The molecule has 2 aromatic carbocycles. The average Bonchev–Trinajstić information content (AvgIpc) is 3.61. The highest BCUT2D eigenvalue weighted by atomic mass is 16.5. The van der Waals surface area contributed by atoms with Gasteiger partial charge in [0.15, 0.2) is 11.5 Å². The van der Waals surface area contributed by atoms with E-state index in [4.69, 9.17) is 24.2 Å². The van der Waals surface area contributed by atoms with Crippen molar-refractivity contribution in [3.05, 3.63) is 48.7 Å². The summed E-state index contributed by atoms with van der Waals surface area (Å²) in [5.41, 5.74) is 1.90. The number of anilines is 1. The molecule has 8 heteroatoms. The van der Waals surface area contributed by atoms with Crippen LogP contribution in [0.5, 0.6) is 11.5 Å². The lowest BCUT2D eigenvalue weighted by atomic mass is 10.1. The zero-order valence-corrected chi connectivity index (χ0v) is 21.5. The zero-order chi connectivity index (χ0) is 25.0. The molecule has 6 rings (SSSR count). The molecular formula is C29H35N5O3. The third-order valence-corrected chi connectivity index (χ3v) is 7.42. The van der Waals surface area contributed by atoms with Crippen LogP contribution in [-0.2, 0) is 4.74 Å². The second-order valence-electron chi connectivity index (χ2n) is 9.92. The van der Waals surface area contributed by atoms with Gasteiger partial charge in [-0.1, -0.05) is 18.2 Å². The van der Waals surface area contributed by atoms with Crippen LogP contribution in [-0.4, -0.2) is 72.0 Å². The maximum Gasteiger partial charge on any atom is 0.236 e. The summed E-state index contributed by atoms with van der Waals surface area (Å²) in [6.45, 7) is 5.64. The number of rotatable bonds is 9. The smallest absolute Gasteiger partial charge is 0.236 e. The molecule has 0 aliphatic carbocycles. The predicted octanol–water partition coefficient (Wildman–Crippen LogP) is 5.04. The van der Waals surface area contributed by atoms with Crippen LogP contribution in [0.15, 0.2) is 48.7 Å². The van der Waals surface area contributed by atoms with Crippen LogP contribution in [0.1, 0.15) is 32.1 Å². The van der Waals surface area contributed by atoms with Gasteiger partial charge in [-0.05, 0) is 63.4 Å². The first-order valence-electron chi connectivity index (χ1n) is 13.4. The van der Waals surface area contributed by atoms with Gasteiger partial charge in [-0.2, -0.15) is 4.98 Å². The number of hydrogen-bond acceptors (Lipinski definition) is 7. The molecule has 8 nitrogen and oxygen atoms in total. The van der Waals surface area contributed by atoms with E-state index in [2.05, 4.69) is 28.4 Å². The van der Waals surface area contributed by atoms with Crippen molar-refractivity contribution in [2.75, 3.05) is 51.9 Å². The lowest BCUT2D eigenvalue weighted by Gasteiger charge is -2.24. The topological polar surface area (TPSA) is 73.7 Å². The summed E-state index contributed by atoms with van der Waals surface area (Å²) in [7, 11) is 1.69. The Morgan fingerprint density at radius 3 is 2.70 bits per heavy atom. The summed E-state index contributed by atoms with van der Waals surface area (Å²) in [4.78, 5) is 12.5. The number of aromatic nitrogens is 3. The average molecular weight is 502 g/mol. The molecule has 0 atom stereocenters. The van der Waals surface area contributed by atoms with Crippen LogP contribution in [0.4, 0.5) is 5.82 Å². The first-order valence-corrected chi connectivity index (χ1v) is 13.4. The highest BCUT2D eigenvalue weighted by Crippen LogP contribution is 2.36. The zero-order valence-electron chi connectivity index (χ0n) is 21.5. The summed E-state index contributed by atoms with van der Waals surface area (Å²) < 4.78 is 19.6. The molecular weight excluding hydrogens is 466 g/mol. The fourth-order valence-electron chi connectivity index (χ4n) is 5.38. The Bertz CT molecular complexity index is 1360. The normalized spacial score (nSPS) is 17.0. The number of fused-ring (bicyclic) bond motifs is 2. The Morgan fingerprint density at radius 1 is 1.03 bits per heavy atom. The summed E-state index contributed by atoms with van der Waals surface area (Å²) in [5, 5.41) is 5.76. The van der Waals surface area contributed by atoms with E-state index >= 15 is 0 Å². The minimum absolute atomic E-state index is 0.300. The minimum Gasteiger partial charge on any atom is -0.493 e. The van der Waals surface area contributed by atoms with E-state index < -0.39 is 0 Å². The molecule has 0 amide bonds. The van der Waals surface area contributed by atoms with E-state index in [-0.39, 0.29) is 0 Å². The molecule has 2 saturated heterocycles. The van der Waals surface area contributed by atoms with Crippen molar-refractivity contribution < 1.29 is 14.2 Å². The van der Waals surface area contributed by atoms with Crippen LogP contribution in [0.3, 0.4) is 0 Å². The Hall–Kier alpha value is -3.36. The number of nitrogens with one attached hydrogen (secondary N) is 1. The second-order valence-corrected chi connectivity index (χ2v) is 9.92. The van der Waals surface area contributed by atoms with Crippen molar-refractivity contribution in [3.63, 3.8) is 0 Å². The fraction of sp³-hybridized carbons (Fsp3) is 0.448. The molecule has 0 saturated carbocycles. The molecule has 2 aromatic heterocycles. The lowest BCUT2D eigenvalue weighted by molar-refractivity contribution is 0.0904. The summed E-state index contributed by atoms with van der Waals surface area (Å²) in [6.07, 6.45) is 7.53. The number of methoxy groups -OCH3 is 1. The van der Waals surface area contributed by atoms with Crippen LogP contribution >= 0.6 is 0 Å². The molecule has 0 unspecified atom stereocenters. The number of likely N-dealkylation sites (tertiary alicyclic amines) is 1. The Morgan fingerprint density at radius 2 is 1.86 bits per heavy atom. The van der Waals surface area contributed by atoms with Crippen LogP contribution < -0.4 is 14.8 Å². The summed E-state index contributed by atoms with van der Waals surface area (Å²) in [5.74, 6) is 2.86. The molecule has 1 N–H and O–H groups in total. The molecule has 4 heterocycles. The van der Waals surface area contributed by atoms with Gasteiger partial charge in [-0.15, -0.1) is 0 Å². The maximum absolute atomic E-state index is 6.23. The van der Waals surface area contributed by atoms with Crippen molar-refractivity contribution in [2.24, 2.45) is 0 Å². The lowest BCUT2D eigenvalue weighted by Crippen LogP contribution is -2.28. The van der Waals surface area contributed by atoms with E-state index in [0.29, 0.717) is 24.3 Å². The number of hydrogen-bond donors (Lipinski definition) is 1. The standard InChI is InChI=1S/C29H35N5O3/c1-35-26-19-23-24(20-27(26)37-16-6-14-33-12-4-5-13-33)31-29(32-28(23)30-22-10-17-36-18-11-22)34-15-9-21-7-2-3-8-25(21)34/h2-3,7-9,15,19-20,22H,4-6,10-14,16-18H2,1H3,(H,30,31,32). The van der Waals surface area contributed by atoms with E-state index in [1.54, 1.807) is 7.11 Å². The van der Waals surface area contributed by atoms with Gasteiger partial charge in [0.2, 0.25) is 5.95 Å². The number of para-hydroxylation sites is 1. The summed E-state index contributed by atoms with van der Waals surface area (Å²) in [6, 6.07) is 14.7. The van der Waals surface area contributed by atoms with Crippen molar-refractivity contribution in [2.45, 2.75) is 38.1 Å². The van der Waals surface area contributed by atoms with Gasteiger partial charge >= 0.3 is 0 Å².